The van der Waals surface area contributed by atoms with Crippen molar-refractivity contribution >= 4 is 0 Å². The third kappa shape index (κ3) is 4.06. The maximum Gasteiger partial charge on any atom is 0.0642 e. The lowest BCUT2D eigenvalue weighted by molar-refractivity contribution is 0.00400. The normalized spacial score (nSPS) is 16.0. The van der Waals surface area contributed by atoms with Gasteiger partial charge < -0.3 is 5.11 Å². The van der Waals surface area contributed by atoms with Crippen molar-refractivity contribution in [1.82, 2.24) is 0 Å². The van der Waals surface area contributed by atoms with Gasteiger partial charge in [-0.25, -0.2) is 0 Å². The second-order valence-corrected chi connectivity index (χ2v) is 3.57. The van der Waals surface area contributed by atoms with Gasteiger partial charge in [0.25, 0.3) is 0 Å². The van der Waals surface area contributed by atoms with Gasteiger partial charge in [0.05, 0.1) is 5.60 Å². The molecule has 1 atom stereocenters. The van der Waals surface area contributed by atoms with Crippen molar-refractivity contribution < 1.29 is 5.11 Å². The minimum Gasteiger partial charge on any atom is -0.390 e. The van der Waals surface area contributed by atoms with E-state index >= 15 is 0 Å². The lowest BCUT2D eigenvalue weighted by Gasteiger charge is -2.27. The van der Waals surface area contributed by atoms with Gasteiger partial charge in [-0.15, -0.1) is 12.3 Å². The van der Waals surface area contributed by atoms with Crippen LogP contribution in [0.2, 0.25) is 0 Å². The van der Waals surface area contributed by atoms with Crippen LogP contribution in [0.5, 0.6) is 0 Å². The predicted molar refractivity (Wildman–Crippen MR) is 48.1 cm³/mol. The van der Waals surface area contributed by atoms with E-state index in [1.165, 1.54) is 0 Å². The number of rotatable bonds is 4. The van der Waals surface area contributed by atoms with Crippen LogP contribution in [-0.2, 0) is 0 Å². The van der Waals surface area contributed by atoms with Crippen LogP contribution in [0.25, 0.3) is 0 Å². The van der Waals surface area contributed by atoms with E-state index in [0.29, 0.717) is 5.92 Å². The van der Waals surface area contributed by atoms with E-state index in [-0.39, 0.29) is 0 Å². The molecule has 0 radical (unpaired) electrons. The van der Waals surface area contributed by atoms with Gasteiger partial charge in [-0.1, -0.05) is 13.8 Å². The Morgan fingerprint density at radius 1 is 1.55 bits per heavy atom. The standard InChI is InChI=1S/C10H18O/c1-5-6-7-8-10(4,11)9(2)3/h1,9,11H,6-8H2,2-4H3. The highest BCUT2D eigenvalue weighted by atomic mass is 16.3. The van der Waals surface area contributed by atoms with Crippen molar-refractivity contribution in [2.45, 2.75) is 45.6 Å². The smallest absolute Gasteiger partial charge is 0.0642 e. The summed E-state index contributed by atoms with van der Waals surface area (Å²) in [7, 11) is 0. The first-order valence-corrected chi connectivity index (χ1v) is 4.16. The highest BCUT2D eigenvalue weighted by molar-refractivity contribution is 4.85. The molecule has 0 saturated carbocycles. The highest BCUT2D eigenvalue weighted by Gasteiger charge is 2.23. The molecule has 1 N–H and O–H groups in total. The van der Waals surface area contributed by atoms with Crippen molar-refractivity contribution in [2.24, 2.45) is 5.92 Å². The van der Waals surface area contributed by atoms with Crippen LogP contribution in [0.4, 0.5) is 0 Å². The number of aliphatic hydroxyl groups is 1. The van der Waals surface area contributed by atoms with Crippen LogP contribution < -0.4 is 0 Å². The largest absolute Gasteiger partial charge is 0.390 e. The van der Waals surface area contributed by atoms with Gasteiger partial charge in [0.2, 0.25) is 0 Å². The number of hydrogen-bond donors (Lipinski definition) is 1. The fourth-order valence-electron chi connectivity index (χ4n) is 0.837. The molecule has 0 aromatic heterocycles. The molecule has 0 spiro atoms. The Balaban J connectivity index is 3.66. The Bertz CT molecular complexity index is 139. The molecule has 0 aliphatic carbocycles. The SMILES string of the molecule is C#CCCCC(C)(O)C(C)C. The molecule has 0 fully saturated rings. The Labute approximate surface area is 69.8 Å². The molecular weight excluding hydrogens is 136 g/mol. The lowest BCUT2D eigenvalue weighted by atomic mass is 9.87. The maximum absolute atomic E-state index is 9.75. The molecule has 0 aromatic carbocycles. The van der Waals surface area contributed by atoms with E-state index in [1.54, 1.807) is 0 Å². The monoisotopic (exact) mass is 154 g/mol. The van der Waals surface area contributed by atoms with Crippen molar-refractivity contribution in [3.63, 3.8) is 0 Å². The average Bonchev–Trinajstić information content (AvgIpc) is 1.88. The Morgan fingerprint density at radius 3 is 2.45 bits per heavy atom. The van der Waals surface area contributed by atoms with Gasteiger partial charge in [-0.3, -0.25) is 0 Å². The van der Waals surface area contributed by atoms with E-state index < -0.39 is 5.60 Å². The summed E-state index contributed by atoms with van der Waals surface area (Å²) < 4.78 is 0. The first-order chi connectivity index (χ1) is 5.00. The summed E-state index contributed by atoms with van der Waals surface area (Å²) in [5, 5.41) is 9.75. The molecule has 0 aromatic rings. The van der Waals surface area contributed by atoms with E-state index in [0.717, 1.165) is 19.3 Å². The molecule has 11 heavy (non-hydrogen) atoms. The zero-order valence-corrected chi connectivity index (χ0v) is 7.72. The fourth-order valence-corrected chi connectivity index (χ4v) is 0.837. The zero-order valence-electron chi connectivity index (χ0n) is 7.72. The van der Waals surface area contributed by atoms with Crippen molar-refractivity contribution in [2.75, 3.05) is 0 Å². The highest BCUT2D eigenvalue weighted by Crippen LogP contribution is 2.22. The maximum atomic E-state index is 9.75. The van der Waals surface area contributed by atoms with Crippen LogP contribution >= 0.6 is 0 Å². The number of unbranched alkanes of at least 4 members (excludes halogenated alkanes) is 1. The third-order valence-electron chi connectivity index (χ3n) is 2.25. The first-order valence-electron chi connectivity index (χ1n) is 4.16. The average molecular weight is 154 g/mol. The van der Waals surface area contributed by atoms with E-state index in [1.807, 2.05) is 20.8 Å². The van der Waals surface area contributed by atoms with Gasteiger partial charge >= 0.3 is 0 Å². The van der Waals surface area contributed by atoms with Crippen LogP contribution in [-0.4, -0.2) is 10.7 Å². The lowest BCUT2D eigenvalue weighted by Crippen LogP contribution is -2.30. The van der Waals surface area contributed by atoms with Crippen LogP contribution in [0.15, 0.2) is 0 Å². The molecule has 0 rings (SSSR count). The first kappa shape index (κ1) is 10.5. The second-order valence-electron chi connectivity index (χ2n) is 3.57. The Morgan fingerprint density at radius 2 is 2.09 bits per heavy atom. The Hall–Kier alpha value is -0.480. The van der Waals surface area contributed by atoms with Crippen molar-refractivity contribution in [3.8, 4) is 12.3 Å². The van der Waals surface area contributed by atoms with Crippen LogP contribution in [0, 0.1) is 18.3 Å². The summed E-state index contributed by atoms with van der Waals surface area (Å²) in [4.78, 5) is 0. The number of hydrogen-bond acceptors (Lipinski definition) is 1. The van der Waals surface area contributed by atoms with Crippen molar-refractivity contribution in [3.05, 3.63) is 0 Å². The molecule has 64 valence electrons. The van der Waals surface area contributed by atoms with Gasteiger partial charge in [-0.05, 0) is 25.7 Å². The molecule has 0 heterocycles. The molecule has 0 aliphatic rings. The second kappa shape index (κ2) is 4.41. The van der Waals surface area contributed by atoms with Gasteiger partial charge in [-0.2, -0.15) is 0 Å². The minimum absolute atomic E-state index is 0.306. The summed E-state index contributed by atoms with van der Waals surface area (Å²) in [6.45, 7) is 5.92. The molecule has 1 unspecified atom stereocenters. The number of terminal acetylenes is 1. The topological polar surface area (TPSA) is 20.2 Å². The van der Waals surface area contributed by atoms with Crippen molar-refractivity contribution in [1.29, 1.82) is 0 Å². The van der Waals surface area contributed by atoms with E-state index in [2.05, 4.69) is 5.92 Å². The summed E-state index contributed by atoms with van der Waals surface area (Å²) in [6.07, 6.45) is 7.59. The minimum atomic E-state index is -0.545. The van der Waals surface area contributed by atoms with Gasteiger partial charge in [0, 0.05) is 6.42 Å². The van der Waals surface area contributed by atoms with E-state index in [4.69, 9.17) is 6.42 Å². The fraction of sp³-hybridized carbons (Fsp3) is 0.800. The molecule has 0 saturated heterocycles. The van der Waals surface area contributed by atoms with Crippen LogP contribution in [0.3, 0.4) is 0 Å². The van der Waals surface area contributed by atoms with Gasteiger partial charge in [0.15, 0.2) is 0 Å². The summed E-state index contributed by atoms with van der Waals surface area (Å²) in [5.74, 6) is 2.87. The molecule has 1 nitrogen and oxygen atoms in total. The van der Waals surface area contributed by atoms with Crippen LogP contribution in [0.1, 0.15) is 40.0 Å². The predicted octanol–water partition coefficient (Wildman–Crippen LogP) is 2.20. The quantitative estimate of drug-likeness (QED) is 0.486. The Kier molecular flexibility index (Phi) is 4.22. The molecule has 0 amide bonds. The molecule has 0 aliphatic heterocycles. The summed E-state index contributed by atoms with van der Waals surface area (Å²) >= 11 is 0. The van der Waals surface area contributed by atoms with Gasteiger partial charge in [0.1, 0.15) is 0 Å². The van der Waals surface area contributed by atoms with E-state index in [9.17, 15) is 5.11 Å². The molecule has 1 heteroatoms. The summed E-state index contributed by atoms with van der Waals surface area (Å²) in [5.41, 5.74) is -0.545. The molecular formula is C10H18O. The molecule has 0 bridgehead atoms. The summed E-state index contributed by atoms with van der Waals surface area (Å²) in [6, 6.07) is 0. The zero-order chi connectivity index (χ0) is 8.91. The third-order valence-corrected chi connectivity index (χ3v) is 2.25.